The quantitative estimate of drug-likeness (QED) is 0.682. The molecule has 0 spiro atoms. The van der Waals surface area contributed by atoms with Crippen LogP contribution in [0.1, 0.15) is 5.56 Å². The monoisotopic (exact) mass is 261 g/mol. The molecule has 0 saturated carbocycles. The van der Waals surface area contributed by atoms with Gasteiger partial charge in [0, 0.05) is 29.5 Å². The molecule has 2 heterocycles. The highest BCUT2D eigenvalue weighted by Gasteiger charge is 2.21. The summed E-state index contributed by atoms with van der Waals surface area (Å²) in [6, 6.07) is 16.6. The van der Waals surface area contributed by atoms with E-state index < -0.39 is 0 Å². The molecule has 3 heteroatoms. The average Bonchev–Trinajstić information content (AvgIpc) is 2.90. The predicted octanol–water partition coefficient (Wildman–Crippen LogP) is 3.51. The SMILES string of the molecule is Nc1ccc2c(N3CCc4ccccc43)ccnc2c1. The van der Waals surface area contributed by atoms with Gasteiger partial charge in [-0.15, -0.1) is 0 Å². The fourth-order valence-corrected chi connectivity index (χ4v) is 2.97. The average molecular weight is 261 g/mol. The maximum atomic E-state index is 5.85. The van der Waals surface area contributed by atoms with Crippen LogP contribution in [0, 0.1) is 0 Å². The van der Waals surface area contributed by atoms with Gasteiger partial charge in [-0.25, -0.2) is 0 Å². The van der Waals surface area contributed by atoms with E-state index >= 15 is 0 Å². The molecular formula is C17H15N3. The lowest BCUT2D eigenvalue weighted by atomic mass is 10.1. The van der Waals surface area contributed by atoms with Crippen molar-refractivity contribution < 1.29 is 0 Å². The Kier molecular flexibility index (Phi) is 2.39. The second kappa shape index (κ2) is 4.23. The Morgan fingerprint density at radius 1 is 1.00 bits per heavy atom. The topological polar surface area (TPSA) is 42.1 Å². The van der Waals surface area contributed by atoms with E-state index in [2.05, 4.69) is 46.3 Å². The number of nitrogen functional groups attached to an aromatic ring is 1. The van der Waals surface area contributed by atoms with Gasteiger partial charge in [-0.2, -0.15) is 0 Å². The van der Waals surface area contributed by atoms with E-state index in [-0.39, 0.29) is 0 Å². The molecule has 1 aliphatic rings. The number of nitrogens with two attached hydrogens (primary N) is 1. The lowest BCUT2D eigenvalue weighted by molar-refractivity contribution is 1.00. The summed E-state index contributed by atoms with van der Waals surface area (Å²) in [5, 5.41) is 1.15. The van der Waals surface area contributed by atoms with Crippen LogP contribution in [0.25, 0.3) is 10.9 Å². The van der Waals surface area contributed by atoms with Crippen molar-refractivity contribution in [1.82, 2.24) is 4.98 Å². The number of aromatic nitrogens is 1. The highest BCUT2D eigenvalue weighted by atomic mass is 15.2. The second-order valence-corrected chi connectivity index (χ2v) is 5.14. The zero-order valence-electron chi connectivity index (χ0n) is 11.1. The van der Waals surface area contributed by atoms with Crippen molar-refractivity contribution >= 4 is 28.0 Å². The Hall–Kier alpha value is -2.55. The number of benzene rings is 2. The number of hydrogen-bond acceptors (Lipinski definition) is 3. The second-order valence-electron chi connectivity index (χ2n) is 5.14. The molecule has 1 aliphatic heterocycles. The van der Waals surface area contributed by atoms with Gasteiger partial charge in [-0.3, -0.25) is 4.98 Å². The van der Waals surface area contributed by atoms with Crippen LogP contribution in [0.2, 0.25) is 0 Å². The first-order valence-corrected chi connectivity index (χ1v) is 6.82. The lowest BCUT2D eigenvalue weighted by Gasteiger charge is -2.21. The molecule has 0 radical (unpaired) electrons. The van der Waals surface area contributed by atoms with Crippen molar-refractivity contribution in [3.05, 3.63) is 60.3 Å². The van der Waals surface area contributed by atoms with Gasteiger partial charge >= 0.3 is 0 Å². The molecule has 2 N–H and O–H groups in total. The van der Waals surface area contributed by atoms with Crippen LogP contribution < -0.4 is 10.6 Å². The Balaban J connectivity index is 1.92. The minimum absolute atomic E-state index is 0.754. The summed E-state index contributed by atoms with van der Waals surface area (Å²) in [5.74, 6) is 0. The number of para-hydroxylation sites is 1. The highest BCUT2D eigenvalue weighted by molar-refractivity contribution is 5.95. The molecule has 4 rings (SSSR count). The van der Waals surface area contributed by atoms with Crippen LogP contribution in [0.15, 0.2) is 54.7 Å². The normalized spacial score (nSPS) is 13.7. The van der Waals surface area contributed by atoms with Crippen LogP contribution in [-0.4, -0.2) is 11.5 Å². The summed E-state index contributed by atoms with van der Waals surface area (Å²) >= 11 is 0. The molecule has 98 valence electrons. The van der Waals surface area contributed by atoms with E-state index in [1.165, 1.54) is 16.9 Å². The molecule has 2 aromatic carbocycles. The van der Waals surface area contributed by atoms with Gasteiger partial charge in [-0.05, 0) is 42.3 Å². The van der Waals surface area contributed by atoms with Crippen molar-refractivity contribution in [2.45, 2.75) is 6.42 Å². The van der Waals surface area contributed by atoms with E-state index in [0.29, 0.717) is 0 Å². The molecule has 0 fully saturated rings. The lowest BCUT2D eigenvalue weighted by Crippen LogP contribution is -2.13. The van der Waals surface area contributed by atoms with Gasteiger partial charge < -0.3 is 10.6 Å². The summed E-state index contributed by atoms with van der Waals surface area (Å²) in [4.78, 5) is 6.79. The summed E-state index contributed by atoms with van der Waals surface area (Å²) in [6.45, 7) is 1.02. The first-order valence-electron chi connectivity index (χ1n) is 6.82. The van der Waals surface area contributed by atoms with E-state index in [0.717, 1.165) is 29.6 Å². The van der Waals surface area contributed by atoms with Crippen LogP contribution in [0.5, 0.6) is 0 Å². The third-order valence-electron chi connectivity index (χ3n) is 3.92. The largest absolute Gasteiger partial charge is 0.399 e. The van der Waals surface area contributed by atoms with Crippen LogP contribution >= 0.6 is 0 Å². The van der Waals surface area contributed by atoms with Gasteiger partial charge in [0.05, 0.1) is 11.2 Å². The molecular weight excluding hydrogens is 246 g/mol. The van der Waals surface area contributed by atoms with Crippen molar-refractivity contribution in [3.8, 4) is 0 Å². The van der Waals surface area contributed by atoms with Crippen molar-refractivity contribution in [2.75, 3.05) is 17.2 Å². The van der Waals surface area contributed by atoms with Crippen LogP contribution in [0.4, 0.5) is 17.1 Å². The van der Waals surface area contributed by atoms with Gasteiger partial charge in [0.2, 0.25) is 0 Å². The fraction of sp³-hybridized carbons (Fsp3) is 0.118. The van der Waals surface area contributed by atoms with Gasteiger partial charge in [0.15, 0.2) is 0 Å². The Labute approximate surface area is 117 Å². The third-order valence-corrected chi connectivity index (χ3v) is 3.92. The molecule has 0 unspecified atom stereocenters. The number of anilines is 3. The van der Waals surface area contributed by atoms with E-state index in [1.54, 1.807) is 0 Å². The van der Waals surface area contributed by atoms with E-state index in [9.17, 15) is 0 Å². The standard InChI is InChI=1S/C17H15N3/c18-13-5-6-14-15(11-13)19-9-7-17(14)20-10-8-12-3-1-2-4-16(12)20/h1-7,9,11H,8,10,18H2. The number of fused-ring (bicyclic) bond motifs is 2. The Bertz CT molecular complexity index is 795. The van der Waals surface area contributed by atoms with Crippen molar-refractivity contribution in [1.29, 1.82) is 0 Å². The number of rotatable bonds is 1. The first kappa shape index (κ1) is 11.3. The van der Waals surface area contributed by atoms with Crippen LogP contribution in [-0.2, 0) is 6.42 Å². The number of nitrogens with zero attached hydrogens (tertiary/aromatic N) is 2. The fourth-order valence-electron chi connectivity index (χ4n) is 2.97. The molecule has 0 bridgehead atoms. The molecule has 3 aromatic rings. The predicted molar refractivity (Wildman–Crippen MR) is 83.3 cm³/mol. The highest BCUT2D eigenvalue weighted by Crippen LogP contribution is 2.37. The Morgan fingerprint density at radius 3 is 2.85 bits per heavy atom. The minimum Gasteiger partial charge on any atom is -0.399 e. The molecule has 0 saturated heterocycles. The summed E-state index contributed by atoms with van der Waals surface area (Å²) < 4.78 is 0. The van der Waals surface area contributed by atoms with E-state index in [1.807, 2.05) is 18.3 Å². The van der Waals surface area contributed by atoms with Crippen molar-refractivity contribution in [3.63, 3.8) is 0 Å². The third kappa shape index (κ3) is 1.63. The zero-order valence-corrected chi connectivity index (χ0v) is 11.1. The van der Waals surface area contributed by atoms with Crippen molar-refractivity contribution in [2.24, 2.45) is 0 Å². The van der Waals surface area contributed by atoms with Gasteiger partial charge in [0.1, 0.15) is 0 Å². The summed E-state index contributed by atoms with van der Waals surface area (Å²) in [7, 11) is 0. The van der Waals surface area contributed by atoms with Gasteiger partial charge in [-0.1, -0.05) is 18.2 Å². The van der Waals surface area contributed by atoms with Gasteiger partial charge in [0.25, 0.3) is 0 Å². The minimum atomic E-state index is 0.754. The molecule has 3 nitrogen and oxygen atoms in total. The number of pyridine rings is 1. The van der Waals surface area contributed by atoms with E-state index in [4.69, 9.17) is 5.73 Å². The maximum Gasteiger partial charge on any atom is 0.0743 e. The first-order chi connectivity index (χ1) is 9.83. The Morgan fingerprint density at radius 2 is 1.90 bits per heavy atom. The molecule has 0 aliphatic carbocycles. The smallest absolute Gasteiger partial charge is 0.0743 e. The molecule has 0 amide bonds. The number of hydrogen-bond donors (Lipinski definition) is 1. The molecule has 0 atom stereocenters. The van der Waals surface area contributed by atoms with Crippen LogP contribution in [0.3, 0.4) is 0 Å². The molecule has 20 heavy (non-hydrogen) atoms. The summed E-state index contributed by atoms with van der Waals surface area (Å²) in [6.07, 6.45) is 2.95. The zero-order chi connectivity index (χ0) is 13.5. The molecule has 1 aromatic heterocycles. The summed E-state index contributed by atoms with van der Waals surface area (Å²) in [5.41, 5.74) is 11.5. The maximum absolute atomic E-state index is 5.85.